The quantitative estimate of drug-likeness (QED) is 0.895. The first-order valence-electron chi connectivity index (χ1n) is 7.75. The van der Waals surface area contributed by atoms with Gasteiger partial charge >= 0.3 is 5.97 Å². The van der Waals surface area contributed by atoms with Gasteiger partial charge < -0.3 is 10.0 Å². The monoisotopic (exact) mass is 272 g/mol. The molecule has 1 heterocycles. The molecule has 2 fully saturated rings. The predicted octanol–water partition coefficient (Wildman–Crippen LogP) is 2.65. The van der Waals surface area contributed by atoms with E-state index in [2.05, 4.69) is 4.90 Å². The lowest BCUT2D eigenvalue weighted by atomic mass is 10.1. The average molecular weight is 272 g/mol. The maximum Gasteiger partial charge on any atom is 0.339 e. The van der Waals surface area contributed by atoms with Crippen molar-refractivity contribution in [2.45, 2.75) is 51.0 Å². The summed E-state index contributed by atoms with van der Waals surface area (Å²) in [5, 5.41) is 9.53. The van der Waals surface area contributed by atoms with Crippen molar-refractivity contribution in [3.8, 4) is 0 Å². The molecule has 0 radical (unpaired) electrons. The zero-order chi connectivity index (χ0) is 13.7. The fraction of sp³-hybridized carbons (Fsp3) is 0.625. The maximum absolute atomic E-state index is 11.6. The zero-order valence-electron chi connectivity index (χ0n) is 11.6. The van der Waals surface area contributed by atoms with Gasteiger partial charge in [0.15, 0.2) is 0 Å². The van der Waals surface area contributed by atoms with E-state index < -0.39 is 5.97 Å². The number of hydrogen-bond donors (Lipinski definition) is 1. The van der Waals surface area contributed by atoms with Crippen LogP contribution in [-0.2, 0) is 12.8 Å². The number of fused-ring (bicyclic) bond motifs is 1. The van der Waals surface area contributed by atoms with E-state index in [4.69, 9.17) is 4.98 Å². The van der Waals surface area contributed by atoms with E-state index in [1.54, 1.807) is 0 Å². The van der Waals surface area contributed by atoms with E-state index in [1.165, 1.54) is 25.7 Å². The van der Waals surface area contributed by atoms with E-state index in [0.717, 1.165) is 48.8 Å². The number of nitrogens with zero attached hydrogens (tertiary/aromatic N) is 2. The van der Waals surface area contributed by atoms with Gasteiger partial charge in [0.05, 0.1) is 0 Å². The number of pyridine rings is 1. The summed E-state index contributed by atoms with van der Waals surface area (Å²) in [6.45, 7) is 0.997. The molecule has 1 aromatic rings. The molecule has 1 N–H and O–H groups in total. The van der Waals surface area contributed by atoms with Crippen molar-refractivity contribution in [1.29, 1.82) is 0 Å². The number of hydrogen-bond acceptors (Lipinski definition) is 3. The van der Waals surface area contributed by atoms with E-state index in [0.29, 0.717) is 11.6 Å². The lowest BCUT2D eigenvalue weighted by Gasteiger charge is -2.25. The number of anilines is 1. The summed E-state index contributed by atoms with van der Waals surface area (Å²) in [5.41, 5.74) is 2.69. The molecular formula is C16H20N2O2. The van der Waals surface area contributed by atoms with E-state index in [-0.39, 0.29) is 0 Å². The van der Waals surface area contributed by atoms with Crippen LogP contribution in [0.1, 0.15) is 53.7 Å². The molecule has 20 heavy (non-hydrogen) atoms. The fourth-order valence-corrected chi connectivity index (χ4v) is 3.21. The second kappa shape index (κ2) is 4.47. The molecule has 0 aliphatic heterocycles. The van der Waals surface area contributed by atoms with E-state index in [9.17, 15) is 9.90 Å². The number of carbonyl (C=O) groups is 1. The van der Waals surface area contributed by atoms with Gasteiger partial charge in [0.25, 0.3) is 0 Å². The van der Waals surface area contributed by atoms with Crippen molar-refractivity contribution in [3.05, 3.63) is 22.9 Å². The number of aromatic carboxylic acids is 1. The van der Waals surface area contributed by atoms with Crippen molar-refractivity contribution in [1.82, 2.24) is 4.98 Å². The lowest BCUT2D eigenvalue weighted by Crippen LogP contribution is -2.31. The van der Waals surface area contributed by atoms with Gasteiger partial charge in [0.2, 0.25) is 0 Å². The number of carboxylic acid groups (broad SMARTS) is 1. The first-order chi connectivity index (χ1) is 9.72. The fourth-order valence-electron chi connectivity index (χ4n) is 3.21. The molecule has 0 atom stereocenters. The summed E-state index contributed by atoms with van der Waals surface area (Å²) in [6, 6.07) is 2.41. The second-order valence-corrected chi connectivity index (χ2v) is 6.45. The van der Waals surface area contributed by atoms with Crippen LogP contribution in [0.3, 0.4) is 0 Å². The largest absolute Gasteiger partial charge is 0.478 e. The smallest absolute Gasteiger partial charge is 0.339 e. The highest BCUT2D eigenvalue weighted by Crippen LogP contribution is 2.39. The number of rotatable bonds is 5. The van der Waals surface area contributed by atoms with Crippen molar-refractivity contribution in [2.75, 3.05) is 11.4 Å². The van der Waals surface area contributed by atoms with Crippen LogP contribution in [0.25, 0.3) is 0 Å². The molecular weight excluding hydrogens is 252 g/mol. The van der Waals surface area contributed by atoms with Crippen LogP contribution in [0, 0.1) is 5.92 Å². The minimum Gasteiger partial charge on any atom is -0.478 e. The Morgan fingerprint density at radius 2 is 2.10 bits per heavy atom. The van der Waals surface area contributed by atoms with Crippen LogP contribution < -0.4 is 4.90 Å². The molecule has 4 heteroatoms. The standard InChI is InChI=1S/C16H20N2O2/c19-16(20)13-8-11-2-1-3-14(11)17-15(13)18(12-6-7-12)9-10-4-5-10/h8,10,12H,1-7,9H2,(H,19,20). The highest BCUT2D eigenvalue weighted by Gasteiger charge is 2.37. The Morgan fingerprint density at radius 3 is 2.75 bits per heavy atom. The molecule has 4 nitrogen and oxygen atoms in total. The molecule has 4 rings (SSSR count). The van der Waals surface area contributed by atoms with Gasteiger partial charge in [-0.25, -0.2) is 9.78 Å². The second-order valence-electron chi connectivity index (χ2n) is 6.45. The zero-order valence-corrected chi connectivity index (χ0v) is 11.6. The lowest BCUT2D eigenvalue weighted by molar-refractivity contribution is 0.0697. The summed E-state index contributed by atoms with van der Waals surface area (Å²) >= 11 is 0. The Kier molecular flexibility index (Phi) is 2.72. The Morgan fingerprint density at radius 1 is 1.30 bits per heavy atom. The summed E-state index contributed by atoms with van der Waals surface area (Å²) in [7, 11) is 0. The first-order valence-corrected chi connectivity index (χ1v) is 7.75. The highest BCUT2D eigenvalue weighted by atomic mass is 16.4. The van der Waals surface area contributed by atoms with Gasteiger partial charge in [-0.15, -0.1) is 0 Å². The highest BCUT2D eigenvalue weighted by molar-refractivity contribution is 5.94. The average Bonchev–Trinajstić information content (AvgIpc) is 3.32. The van der Waals surface area contributed by atoms with E-state index >= 15 is 0 Å². The molecule has 1 aromatic heterocycles. The molecule has 0 amide bonds. The third-order valence-electron chi connectivity index (χ3n) is 4.67. The molecule has 0 saturated heterocycles. The predicted molar refractivity (Wildman–Crippen MR) is 76.3 cm³/mol. The van der Waals surface area contributed by atoms with Crippen molar-refractivity contribution in [3.63, 3.8) is 0 Å². The Labute approximate surface area is 118 Å². The summed E-state index contributed by atoms with van der Waals surface area (Å²) < 4.78 is 0. The minimum atomic E-state index is -0.830. The van der Waals surface area contributed by atoms with Gasteiger partial charge in [0, 0.05) is 18.3 Å². The molecule has 0 unspecified atom stereocenters. The van der Waals surface area contributed by atoms with Crippen molar-refractivity contribution < 1.29 is 9.90 Å². The molecule has 0 aromatic carbocycles. The molecule has 0 spiro atoms. The van der Waals surface area contributed by atoms with Gasteiger partial charge in [-0.1, -0.05) is 0 Å². The normalized spacial score (nSPS) is 20.8. The number of carboxylic acids is 1. The van der Waals surface area contributed by atoms with Gasteiger partial charge in [-0.2, -0.15) is 0 Å². The molecule has 0 bridgehead atoms. The third kappa shape index (κ3) is 2.17. The molecule has 3 aliphatic carbocycles. The van der Waals surface area contributed by atoms with Crippen LogP contribution in [0.4, 0.5) is 5.82 Å². The SMILES string of the molecule is O=C(O)c1cc2c(nc1N(CC1CC1)C1CC1)CCC2. The minimum absolute atomic E-state index is 0.415. The molecule has 3 aliphatic rings. The molecule has 2 saturated carbocycles. The third-order valence-corrected chi connectivity index (χ3v) is 4.67. The molecule has 106 valence electrons. The van der Waals surface area contributed by atoms with Gasteiger partial charge in [0.1, 0.15) is 11.4 Å². The number of aromatic nitrogens is 1. The van der Waals surface area contributed by atoms with Crippen LogP contribution in [0.2, 0.25) is 0 Å². The van der Waals surface area contributed by atoms with Crippen molar-refractivity contribution in [2.24, 2.45) is 5.92 Å². The number of aryl methyl sites for hydroxylation is 2. The topological polar surface area (TPSA) is 53.4 Å². The Balaban J connectivity index is 1.75. The van der Waals surface area contributed by atoms with Crippen LogP contribution in [0.15, 0.2) is 6.07 Å². The summed E-state index contributed by atoms with van der Waals surface area (Å²) in [4.78, 5) is 18.7. The maximum atomic E-state index is 11.6. The van der Waals surface area contributed by atoms with Crippen LogP contribution in [-0.4, -0.2) is 28.6 Å². The summed E-state index contributed by atoms with van der Waals surface area (Å²) in [6.07, 6.45) is 8.04. The Bertz CT molecular complexity index is 562. The van der Waals surface area contributed by atoms with Gasteiger partial charge in [-0.05, 0) is 62.5 Å². The van der Waals surface area contributed by atoms with Crippen LogP contribution >= 0.6 is 0 Å². The van der Waals surface area contributed by atoms with E-state index in [1.807, 2.05) is 6.07 Å². The van der Waals surface area contributed by atoms with Gasteiger partial charge in [-0.3, -0.25) is 0 Å². The summed E-state index contributed by atoms with van der Waals surface area (Å²) in [5.74, 6) is 0.670. The van der Waals surface area contributed by atoms with Crippen molar-refractivity contribution >= 4 is 11.8 Å². The first kappa shape index (κ1) is 12.2. The Hall–Kier alpha value is -1.58. The van der Waals surface area contributed by atoms with Crippen LogP contribution in [0.5, 0.6) is 0 Å².